The summed E-state index contributed by atoms with van der Waals surface area (Å²) in [5.41, 5.74) is 9.14. The van der Waals surface area contributed by atoms with Gasteiger partial charge in [0, 0.05) is 59.6 Å². The minimum absolute atomic E-state index is 0.464. The molecule has 0 aliphatic rings. The average molecular weight is 714 g/mol. The van der Waals surface area contributed by atoms with Gasteiger partial charge in [-0.15, -0.1) is 0 Å². The number of ether oxygens (including phenoxy) is 1. The van der Waals surface area contributed by atoms with Gasteiger partial charge >= 0.3 is 0 Å². The first-order chi connectivity index (χ1) is 20.8. The molecule has 2 aromatic heterocycles. The zero-order valence-electron chi connectivity index (χ0n) is 26.8. The number of hydrogen-bond donors (Lipinski definition) is 2. The summed E-state index contributed by atoms with van der Waals surface area (Å²) >= 11 is 2.34. The molecule has 0 amide bonds. The minimum atomic E-state index is 0.464. The molecular weight excluding hydrogens is 665 g/mol. The highest BCUT2D eigenvalue weighted by atomic mass is 127. The van der Waals surface area contributed by atoms with Crippen molar-refractivity contribution in [2.45, 2.75) is 73.3 Å². The molecule has 2 atom stereocenters. The van der Waals surface area contributed by atoms with Crippen molar-refractivity contribution >= 4 is 47.9 Å². The number of aromatic nitrogens is 2. The van der Waals surface area contributed by atoms with Crippen molar-refractivity contribution < 1.29 is 4.74 Å². The smallest absolute Gasteiger partial charge is 0.137 e. The lowest BCUT2D eigenvalue weighted by Gasteiger charge is -2.16. The van der Waals surface area contributed by atoms with E-state index in [1.165, 1.54) is 11.1 Å². The normalized spacial score (nSPS) is 13.6. The van der Waals surface area contributed by atoms with Crippen LogP contribution in [0.25, 0.3) is 17.2 Å². The first kappa shape index (κ1) is 34.9. The fraction of sp³-hybridized carbons (Fsp3) is 0.429. The third kappa shape index (κ3) is 9.71. The monoisotopic (exact) mass is 713 g/mol. The zero-order valence-corrected chi connectivity index (χ0v) is 29.8. The summed E-state index contributed by atoms with van der Waals surface area (Å²) in [6.07, 6.45) is 13.3. The van der Waals surface area contributed by atoms with Crippen molar-refractivity contribution in [2.24, 2.45) is 10.9 Å². The minimum Gasteiger partial charge on any atom is -0.492 e. The number of halogens is 1. The van der Waals surface area contributed by atoms with Crippen LogP contribution < -0.4 is 15.4 Å². The van der Waals surface area contributed by atoms with Crippen molar-refractivity contribution in [1.82, 2.24) is 14.3 Å². The Bertz CT molecular complexity index is 1410. The van der Waals surface area contributed by atoms with Gasteiger partial charge in [-0.1, -0.05) is 70.6 Å². The fourth-order valence-electron chi connectivity index (χ4n) is 4.80. The van der Waals surface area contributed by atoms with E-state index in [1.807, 2.05) is 19.3 Å². The Balaban J connectivity index is 2.04. The van der Waals surface area contributed by atoms with E-state index in [1.54, 1.807) is 15.3 Å². The van der Waals surface area contributed by atoms with E-state index in [9.17, 15) is 0 Å². The number of aliphatic imine (C=N–C) groups is 1. The molecule has 1 aromatic carbocycles. The molecule has 0 fully saturated rings. The van der Waals surface area contributed by atoms with Crippen molar-refractivity contribution in [1.29, 1.82) is 0 Å². The van der Waals surface area contributed by atoms with E-state index in [-0.39, 0.29) is 0 Å². The van der Waals surface area contributed by atoms with Gasteiger partial charge in [0.15, 0.2) is 0 Å². The van der Waals surface area contributed by atoms with Crippen LogP contribution in [0, 0.1) is 5.92 Å². The molecule has 6 nitrogen and oxygen atoms in total. The second kappa shape index (κ2) is 17.7. The third-order valence-corrected chi connectivity index (χ3v) is 9.64. The summed E-state index contributed by atoms with van der Waals surface area (Å²) in [7, 11) is 3.58. The van der Waals surface area contributed by atoms with Crippen LogP contribution in [0.1, 0.15) is 89.0 Å². The predicted octanol–water partition coefficient (Wildman–Crippen LogP) is 9.91. The molecule has 0 aliphatic carbocycles. The molecule has 3 rings (SSSR count). The Morgan fingerprint density at radius 1 is 1.19 bits per heavy atom. The molecule has 2 heterocycles. The molecule has 0 saturated heterocycles. The first-order valence-electron chi connectivity index (χ1n) is 15.2. The summed E-state index contributed by atoms with van der Waals surface area (Å²) in [5, 5.41) is 6.80. The Labute approximate surface area is 275 Å². The number of pyridine rings is 1. The first-order valence-corrected chi connectivity index (χ1v) is 18.5. The van der Waals surface area contributed by atoms with Crippen LogP contribution in [0.2, 0.25) is 0 Å². The maximum absolute atomic E-state index is 6.00. The molecule has 2 unspecified atom stereocenters. The van der Waals surface area contributed by atoms with Crippen LogP contribution in [0.5, 0.6) is 5.75 Å². The molecule has 0 spiro atoms. The van der Waals surface area contributed by atoms with Gasteiger partial charge in [-0.25, -0.2) is 0 Å². The largest absolute Gasteiger partial charge is 0.492 e. The second-order valence-electron chi connectivity index (χ2n) is 11.2. The Morgan fingerprint density at radius 3 is 2.65 bits per heavy atom. The van der Waals surface area contributed by atoms with E-state index >= 15 is 0 Å². The highest BCUT2D eigenvalue weighted by Crippen LogP contribution is 2.38. The second-order valence-corrected chi connectivity index (χ2v) is 12.9. The zero-order chi connectivity index (χ0) is 31.4. The molecule has 8 heteroatoms. The van der Waals surface area contributed by atoms with Crippen LogP contribution in [0.3, 0.4) is 0 Å². The summed E-state index contributed by atoms with van der Waals surface area (Å²) in [5.74, 6) is 2.94. The van der Waals surface area contributed by atoms with Crippen LogP contribution >= 0.6 is 30.3 Å². The SMILES string of the molecule is C=C/C(C)=C\c1cc(-c2cn(SI)c(NCNC)c2C(C)=NCc2cncc(OCCC(C)CC)c2)ccc1C(C)CC. The van der Waals surface area contributed by atoms with Crippen molar-refractivity contribution in [3.63, 3.8) is 0 Å². The molecule has 0 aliphatic heterocycles. The standard InChI is InChI=1S/C35H48IN5OS/c1-9-24(4)14-15-42-31-17-28(19-38-21-31)20-39-27(7)34-33(22-41(43-36)35(34)40-23-37-8)29-12-13-32(26(6)11-3)30(18-29)16-25(5)10-2/h10,12-13,16-19,21-22,24,26,37,40H,2,9,11,14-15,20,23H2,1,3-8H3/b25-16-,39-27?. The number of nitrogens with zero attached hydrogens (tertiary/aromatic N) is 3. The van der Waals surface area contributed by atoms with Gasteiger partial charge in [0.05, 0.1) is 26.0 Å². The molecular formula is C35H48IN5OS. The topological polar surface area (TPSA) is 63.5 Å². The molecule has 0 radical (unpaired) electrons. The molecule has 0 saturated carbocycles. The highest BCUT2D eigenvalue weighted by Gasteiger charge is 2.21. The van der Waals surface area contributed by atoms with Gasteiger partial charge in [0.2, 0.25) is 0 Å². The van der Waals surface area contributed by atoms with Gasteiger partial charge in [-0.3, -0.25) is 13.9 Å². The van der Waals surface area contributed by atoms with Gasteiger partial charge in [-0.2, -0.15) is 0 Å². The lowest BCUT2D eigenvalue weighted by Crippen LogP contribution is -2.19. The van der Waals surface area contributed by atoms with Gasteiger partial charge < -0.3 is 15.4 Å². The van der Waals surface area contributed by atoms with Crippen molar-refractivity contribution in [3.05, 3.63) is 83.3 Å². The quantitative estimate of drug-likeness (QED) is 0.0631. The predicted molar refractivity (Wildman–Crippen MR) is 197 cm³/mol. The summed E-state index contributed by atoms with van der Waals surface area (Å²) in [6, 6.07) is 8.91. The van der Waals surface area contributed by atoms with Gasteiger partial charge in [0.1, 0.15) is 11.6 Å². The van der Waals surface area contributed by atoms with Crippen molar-refractivity contribution in [2.75, 3.05) is 25.6 Å². The summed E-state index contributed by atoms with van der Waals surface area (Å²) < 4.78 is 8.19. The van der Waals surface area contributed by atoms with Crippen molar-refractivity contribution in [3.8, 4) is 16.9 Å². The Kier molecular flexibility index (Phi) is 14.3. The van der Waals surface area contributed by atoms with E-state index < -0.39 is 0 Å². The summed E-state index contributed by atoms with van der Waals surface area (Å²) in [6.45, 7) is 19.1. The van der Waals surface area contributed by atoms with Gasteiger partial charge in [-0.05, 0) is 80.0 Å². The molecule has 2 N–H and O–H groups in total. The van der Waals surface area contributed by atoms with Crippen LogP contribution in [0.15, 0.2) is 66.1 Å². The molecule has 232 valence electrons. The lowest BCUT2D eigenvalue weighted by molar-refractivity contribution is 0.280. The molecule has 0 bridgehead atoms. The number of nitrogens with one attached hydrogen (secondary N) is 2. The third-order valence-electron chi connectivity index (χ3n) is 7.93. The van der Waals surface area contributed by atoms with E-state index in [0.717, 1.165) is 64.4 Å². The number of benzene rings is 1. The molecule has 3 aromatic rings. The Morgan fingerprint density at radius 2 is 1.98 bits per heavy atom. The average Bonchev–Trinajstić information content (AvgIpc) is 3.40. The van der Waals surface area contributed by atoms with Crippen LogP contribution in [-0.4, -0.2) is 35.0 Å². The summed E-state index contributed by atoms with van der Waals surface area (Å²) in [4.78, 5) is 9.51. The van der Waals surface area contributed by atoms with E-state index in [4.69, 9.17) is 9.73 Å². The van der Waals surface area contributed by atoms with Gasteiger partial charge in [0.25, 0.3) is 0 Å². The Hall–Kier alpha value is -2.56. The number of hydrogen-bond acceptors (Lipinski definition) is 6. The number of rotatable bonds is 17. The van der Waals surface area contributed by atoms with E-state index in [2.05, 4.69) is 125 Å². The van der Waals surface area contributed by atoms with Crippen LogP contribution in [0.4, 0.5) is 5.82 Å². The van der Waals surface area contributed by atoms with E-state index in [0.29, 0.717) is 31.7 Å². The lowest BCUT2D eigenvalue weighted by atomic mass is 9.89. The maximum atomic E-state index is 6.00. The highest BCUT2D eigenvalue weighted by molar-refractivity contribution is 14.2. The fourth-order valence-corrected chi connectivity index (χ4v) is 6.10. The molecule has 43 heavy (non-hydrogen) atoms. The maximum Gasteiger partial charge on any atom is 0.137 e. The van der Waals surface area contributed by atoms with Crippen LogP contribution in [-0.2, 0) is 6.54 Å². The number of anilines is 1. The number of allylic oxidation sites excluding steroid dienone is 2.